The molecule has 0 spiro atoms. The zero-order valence-corrected chi connectivity index (χ0v) is 23.9. The number of carbonyl (C=O) groups excluding carboxylic acids is 3. The molecule has 1 unspecified atom stereocenters. The van der Waals surface area contributed by atoms with E-state index < -0.39 is 29.7 Å². The summed E-state index contributed by atoms with van der Waals surface area (Å²) in [5.41, 5.74) is 8.14. The molecule has 6 nitrogen and oxygen atoms in total. The number of alkyl halides is 3. The summed E-state index contributed by atoms with van der Waals surface area (Å²) in [5, 5.41) is 2.08. The molecule has 0 fully saturated rings. The predicted octanol–water partition coefficient (Wildman–Crippen LogP) is 6.90. The second-order valence-corrected chi connectivity index (χ2v) is 10.9. The van der Waals surface area contributed by atoms with Crippen LogP contribution in [0.1, 0.15) is 38.7 Å². The van der Waals surface area contributed by atoms with Gasteiger partial charge in [-0.05, 0) is 75.3 Å². The molecule has 5 aromatic carbocycles. The first-order valence-electron chi connectivity index (χ1n) is 14.3. The molecule has 0 radical (unpaired) electrons. The number of ether oxygens (including phenoxy) is 1. The molecule has 1 heterocycles. The number of fused-ring (bicyclic) bond motifs is 2. The number of esters is 1. The fraction of sp³-hybridized carbons (Fsp3) is 0.139. The lowest BCUT2D eigenvalue weighted by molar-refractivity contribution is -0.139. The summed E-state index contributed by atoms with van der Waals surface area (Å²) in [5.74, 6) is -1.37. The van der Waals surface area contributed by atoms with Crippen LogP contribution in [0.15, 0.2) is 109 Å². The van der Waals surface area contributed by atoms with Crippen LogP contribution < -0.4 is 10.5 Å². The van der Waals surface area contributed by atoms with Crippen molar-refractivity contribution >= 4 is 28.6 Å². The number of amides is 2. The maximum atomic E-state index is 13.4. The van der Waals surface area contributed by atoms with Crippen molar-refractivity contribution in [1.29, 1.82) is 0 Å². The average molecular weight is 609 g/mol. The summed E-state index contributed by atoms with van der Waals surface area (Å²) < 4.78 is 44.8. The third-order valence-corrected chi connectivity index (χ3v) is 7.98. The predicted molar refractivity (Wildman–Crippen MR) is 163 cm³/mol. The highest BCUT2D eigenvalue weighted by Gasteiger charge is 2.35. The Morgan fingerprint density at radius 2 is 1.53 bits per heavy atom. The summed E-state index contributed by atoms with van der Waals surface area (Å²) in [7, 11) is 0. The van der Waals surface area contributed by atoms with Gasteiger partial charge >= 0.3 is 12.1 Å². The van der Waals surface area contributed by atoms with E-state index in [4.69, 9.17) is 10.5 Å². The second kappa shape index (κ2) is 11.9. The van der Waals surface area contributed by atoms with Crippen LogP contribution in [-0.2, 0) is 28.6 Å². The Kier molecular flexibility index (Phi) is 7.85. The molecule has 6 rings (SSSR count). The average Bonchev–Trinajstić information content (AvgIpc) is 3.03. The minimum Gasteiger partial charge on any atom is -0.423 e. The van der Waals surface area contributed by atoms with Crippen LogP contribution in [0.2, 0.25) is 0 Å². The molecule has 45 heavy (non-hydrogen) atoms. The maximum Gasteiger partial charge on any atom is 0.416 e. The van der Waals surface area contributed by atoms with Gasteiger partial charge in [0.1, 0.15) is 11.8 Å². The molecule has 0 saturated heterocycles. The number of rotatable bonds is 6. The summed E-state index contributed by atoms with van der Waals surface area (Å²) >= 11 is 0. The summed E-state index contributed by atoms with van der Waals surface area (Å²) in [6.45, 7) is 0.251. The normalized spacial score (nSPS) is 14.6. The van der Waals surface area contributed by atoms with Gasteiger partial charge in [0.05, 0.1) is 17.5 Å². The van der Waals surface area contributed by atoms with Crippen molar-refractivity contribution in [2.75, 3.05) is 6.54 Å². The lowest BCUT2D eigenvalue weighted by atomic mass is 9.91. The number of carbonyl (C=O) groups is 3. The van der Waals surface area contributed by atoms with E-state index in [2.05, 4.69) is 0 Å². The molecule has 226 valence electrons. The number of halogens is 3. The van der Waals surface area contributed by atoms with E-state index in [9.17, 15) is 27.6 Å². The standard InChI is InChI=1S/C36H27F3N2O4/c37-36(38,39)27-13-11-24(12-14-27)29-7-3-4-8-31(29)35(44)45-28-15-16-30-26(21-28)17-18-41(33(30)34(40)43)32(42)20-22-9-10-23-5-1-2-6-25(23)19-22/h1-16,19,21,33H,17-18,20H2,(H2,40,43). The zero-order chi connectivity index (χ0) is 31.7. The SMILES string of the molecule is NC(=O)C1c2ccc(OC(=O)c3ccccc3-c3ccc(C(F)(F)F)cc3)cc2CCN1C(=O)Cc1ccc2ccccc2c1. The third kappa shape index (κ3) is 6.15. The Bertz CT molecular complexity index is 1940. The number of hydrogen-bond acceptors (Lipinski definition) is 4. The van der Waals surface area contributed by atoms with Crippen molar-refractivity contribution in [2.45, 2.75) is 25.1 Å². The first kappa shape index (κ1) is 29.6. The Labute approximate surface area is 256 Å². The van der Waals surface area contributed by atoms with Gasteiger partial charge in [0.2, 0.25) is 11.8 Å². The molecule has 0 aromatic heterocycles. The molecular weight excluding hydrogens is 581 g/mol. The van der Waals surface area contributed by atoms with Crippen LogP contribution in [0.4, 0.5) is 13.2 Å². The van der Waals surface area contributed by atoms with Crippen LogP contribution in [0.5, 0.6) is 5.75 Å². The van der Waals surface area contributed by atoms with Crippen LogP contribution in [-0.4, -0.2) is 29.2 Å². The van der Waals surface area contributed by atoms with Gasteiger partial charge in [0.15, 0.2) is 0 Å². The molecule has 5 aromatic rings. The summed E-state index contributed by atoms with van der Waals surface area (Å²) in [4.78, 5) is 40.8. The third-order valence-electron chi connectivity index (χ3n) is 7.98. The van der Waals surface area contributed by atoms with E-state index in [1.54, 1.807) is 30.3 Å². The minimum atomic E-state index is -4.47. The highest BCUT2D eigenvalue weighted by atomic mass is 19.4. The Balaban J connectivity index is 1.20. The lowest BCUT2D eigenvalue weighted by Gasteiger charge is -2.35. The van der Waals surface area contributed by atoms with Gasteiger partial charge in [-0.25, -0.2) is 4.79 Å². The van der Waals surface area contributed by atoms with Crippen LogP contribution in [0, 0.1) is 0 Å². The molecule has 2 N–H and O–H groups in total. The van der Waals surface area contributed by atoms with Gasteiger partial charge in [0.25, 0.3) is 0 Å². The summed E-state index contributed by atoms with van der Waals surface area (Å²) in [6.07, 6.45) is -3.95. The number of primary amides is 1. The first-order chi connectivity index (χ1) is 21.6. The Hall–Kier alpha value is -5.44. The number of nitrogens with zero attached hydrogens (tertiary/aromatic N) is 1. The topological polar surface area (TPSA) is 89.7 Å². The van der Waals surface area contributed by atoms with Gasteiger partial charge in [-0.15, -0.1) is 0 Å². The van der Waals surface area contributed by atoms with Gasteiger partial charge in [-0.2, -0.15) is 13.2 Å². The van der Waals surface area contributed by atoms with E-state index >= 15 is 0 Å². The van der Waals surface area contributed by atoms with Crippen molar-refractivity contribution in [3.8, 4) is 16.9 Å². The fourth-order valence-corrected chi connectivity index (χ4v) is 5.78. The van der Waals surface area contributed by atoms with Gasteiger partial charge in [0, 0.05) is 6.54 Å². The van der Waals surface area contributed by atoms with Crippen molar-refractivity contribution in [1.82, 2.24) is 4.90 Å². The van der Waals surface area contributed by atoms with E-state index in [0.717, 1.165) is 34.0 Å². The van der Waals surface area contributed by atoms with Crippen LogP contribution in [0.25, 0.3) is 21.9 Å². The van der Waals surface area contributed by atoms with Crippen molar-refractivity contribution in [3.05, 3.63) is 137 Å². The molecule has 0 saturated carbocycles. The van der Waals surface area contributed by atoms with Crippen LogP contribution in [0.3, 0.4) is 0 Å². The molecule has 2 amide bonds. The Morgan fingerprint density at radius 3 is 2.27 bits per heavy atom. The zero-order valence-electron chi connectivity index (χ0n) is 23.9. The maximum absolute atomic E-state index is 13.4. The van der Waals surface area contributed by atoms with Crippen molar-refractivity contribution in [2.24, 2.45) is 5.73 Å². The molecule has 0 aliphatic carbocycles. The van der Waals surface area contributed by atoms with Gasteiger partial charge in [-0.1, -0.05) is 78.9 Å². The smallest absolute Gasteiger partial charge is 0.416 e. The summed E-state index contributed by atoms with van der Waals surface area (Å²) in [6, 6.07) is 28.5. The second-order valence-electron chi connectivity index (χ2n) is 10.9. The van der Waals surface area contributed by atoms with E-state index in [1.807, 2.05) is 42.5 Å². The monoisotopic (exact) mass is 608 g/mol. The molecule has 0 bridgehead atoms. The van der Waals surface area contributed by atoms with Crippen molar-refractivity contribution in [3.63, 3.8) is 0 Å². The highest BCUT2D eigenvalue weighted by Crippen LogP contribution is 2.35. The molecule has 1 atom stereocenters. The highest BCUT2D eigenvalue weighted by molar-refractivity contribution is 5.98. The molecule has 1 aliphatic rings. The van der Waals surface area contributed by atoms with Gasteiger partial charge < -0.3 is 15.4 Å². The number of hydrogen-bond donors (Lipinski definition) is 1. The quantitative estimate of drug-likeness (QED) is 0.168. The number of benzene rings is 5. The lowest BCUT2D eigenvalue weighted by Crippen LogP contribution is -2.46. The fourth-order valence-electron chi connectivity index (χ4n) is 5.78. The van der Waals surface area contributed by atoms with E-state index in [-0.39, 0.29) is 30.2 Å². The van der Waals surface area contributed by atoms with Crippen LogP contribution >= 0.6 is 0 Å². The van der Waals surface area contributed by atoms with Gasteiger partial charge in [-0.3, -0.25) is 9.59 Å². The van der Waals surface area contributed by atoms with E-state index in [0.29, 0.717) is 23.1 Å². The largest absolute Gasteiger partial charge is 0.423 e. The Morgan fingerprint density at radius 1 is 0.822 bits per heavy atom. The minimum absolute atomic E-state index is 0.109. The van der Waals surface area contributed by atoms with Crippen molar-refractivity contribution < 1.29 is 32.3 Å². The van der Waals surface area contributed by atoms with E-state index in [1.165, 1.54) is 29.2 Å². The first-order valence-corrected chi connectivity index (χ1v) is 14.3. The molecular formula is C36H27F3N2O4. The molecule has 1 aliphatic heterocycles. The molecule has 9 heteroatoms. The number of nitrogens with two attached hydrogens (primary N) is 1.